The Labute approximate surface area is 139 Å². The molecule has 0 bridgehead atoms. The van der Waals surface area contributed by atoms with E-state index < -0.39 is 0 Å². The Bertz CT molecular complexity index is 923. The number of hydrazone groups is 1. The Kier molecular flexibility index (Phi) is 4.20. The third kappa shape index (κ3) is 3.08. The van der Waals surface area contributed by atoms with Gasteiger partial charge in [-0.05, 0) is 42.8 Å². The first-order chi connectivity index (χ1) is 11.6. The molecule has 122 valence electrons. The van der Waals surface area contributed by atoms with Crippen LogP contribution in [0.25, 0.3) is 10.9 Å². The fourth-order valence-corrected chi connectivity index (χ4v) is 2.40. The zero-order valence-corrected chi connectivity index (χ0v) is 13.3. The molecule has 3 N–H and O–H groups in total. The zero-order valence-electron chi connectivity index (χ0n) is 13.3. The summed E-state index contributed by atoms with van der Waals surface area (Å²) >= 11 is 0. The maximum absolute atomic E-state index is 9.50. The highest BCUT2D eigenvalue weighted by molar-refractivity contribution is 5.95. The van der Waals surface area contributed by atoms with Crippen LogP contribution in [0.1, 0.15) is 11.3 Å². The molecule has 0 aliphatic carbocycles. The average Bonchev–Trinajstić information content (AvgIpc) is 2.57. The number of aryl methyl sites for hydroxylation is 1. The standard InChI is InChI=1S/C18H17N3O3/c1-11-8-14(13-4-3-5-17(24-2)18(13)20-11)21-19-10-12-6-7-15(22)16(23)9-12/h3-10,22-23H,1-2H3,(H,20,21). The summed E-state index contributed by atoms with van der Waals surface area (Å²) < 4.78 is 5.36. The number of nitrogens with one attached hydrogen (secondary N) is 1. The highest BCUT2D eigenvalue weighted by Gasteiger charge is 2.08. The van der Waals surface area contributed by atoms with Crippen LogP contribution in [0.4, 0.5) is 5.69 Å². The number of hydrogen-bond donors (Lipinski definition) is 3. The number of aromatic hydroxyl groups is 2. The van der Waals surface area contributed by atoms with E-state index in [1.165, 1.54) is 12.1 Å². The molecule has 1 aromatic heterocycles. The van der Waals surface area contributed by atoms with Crippen molar-refractivity contribution in [2.24, 2.45) is 5.10 Å². The summed E-state index contributed by atoms with van der Waals surface area (Å²) in [6.07, 6.45) is 1.56. The van der Waals surface area contributed by atoms with Gasteiger partial charge in [0.25, 0.3) is 0 Å². The van der Waals surface area contributed by atoms with Gasteiger partial charge in [0.15, 0.2) is 11.5 Å². The molecule has 0 saturated carbocycles. The molecule has 6 heteroatoms. The molecule has 24 heavy (non-hydrogen) atoms. The van der Waals surface area contributed by atoms with E-state index in [9.17, 15) is 10.2 Å². The second kappa shape index (κ2) is 6.45. The first-order valence-electron chi connectivity index (χ1n) is 7.34. The predicted molar refractivity (Wildman–Crippen MR) is 94.0 cm³/mol. The zero-order chi connectivity index (χ0) is 17.1. The molecule has 3 rings (SSSR count). The van der Waals surface area contributed by atoms with E-state index in [2.05, 4.69) is 15.5 Å². The lowest BCUT2D eigenvalue weighted by Gasteiger charge is -2.10. The minimum Gasteiger partial charge on any atom is -0.504 e. The van der Waals surface area contributed by atoms with Gasteiger partial charge in [0.1, 0.15) is 11.3 Å². The number of anilines is 1. The van der Waals surface area contributed by atoms with Crippen LogP contribution in [0, 0.1) is 6.92 Å². The number of fused-ring (bicyclic) bond motifs is 1. The number of benzene rings is 2. The van der Waals surface area contributed by atoms with E-state index >= 15 is 0 Å². The minimum atomic E-state index is -0.186. The lowest BCUT2D eigenvalue weighted by Crippen LogP contribution is -1.96. The van der Waals surface area contributed by atoms with Crippen molar-refractivity contribution in [2.45, 2.75) is 6.92 Å². The number of aromatic nitrogens is 1. The molecular weight excluding hydrogens is 306 g/mol. The number of pyridine rings is 1. The number of phenols is 2. The quantitative estimate of drug-likeness (QED) is 0.389. The van der Waals surface area contributed by atoms with Crippen LogP contribution in [-0.4, -0.2) is 28.5 Å². The molecule has 0 amide bonds. The number of ether oxygens (including phenoxy) is 1. The van der Waals surface area contributed by atoms with Crippen molar-refractivity contribution in [3.05, 3.63) is 53.7 Å². The number of methoxy groups -OCH3 is 1. The van der Waals surface area contributed by atoms with Crippen LogP contribution in [0.5, 0.6) is 17.2 Å². The summed E-state index contributed by atoms with van der Waals surface area (Å²) in [6.45, 7) is 1.90. The summed E-state index contributed by atoms with van der Waals surface area (Å²) in [4.78, 5) is 4.52. The molecule has 1 heterocycles. The smallest absolute Gasteiger partial charge is 0.158 e. The van der Waals surface area contributed by atoms with Crippen molar-refractivity contribution >= 4 is 22.8 Å². The van der Waals surface area contributed by atoms with Gasteiger partial charge in [-0.15, -0.1) is 0 Å². The van der Waals surface area contributed by atoms with Gasteiger partial charge in [0.2, 0.25) is 0 Å². The van der Waals surface area contributed by atoms with Crippen molar-refractivity contribution in [3.63, 3.8) is 0 Å². The van der Waals surface area contributed by atoms with Gasteiger partial charge < -0.3 is 14.9 Å². The third-order valence-electron chi connectivity index (χ3n) is 3.55. The number of rotatable bonds is 4. The Balaban J connectivity index is 1.92. The maximum Gasteiger partial charge on any atom is 0.158 e. The second-order valence-electron chi connectivity index (χ2n) is 5.29. The molecule has 0 aliphatic heterocycles. The first kappa shape index (κ1) is 15.6. The van der Waals surface area contributed by atoms with Gasteiger partial charge in [-0.2, -0.15) is 5.10 Å². The highest BCUT2D eigenvalue weighted by atomic mass is 16.5. The lowest BCUT2D eigenvalue weighted by molar-refractivity contribution is 0.403. The first-order valence-corrected chi connectivity index (χ1v) is 7.34. The van der Waals surface area contributed by atoms with Crippen LogP contribution >= 0.6 is 0 Å². The maximum atomic E-state index is 9.50. The summed E-state index contributed by atoms with van der Waals surface area (Å²) in [5.41, 5.74) is 6.06. The summed E-state index contributed by atoms with van der Waals surface area (Å²) in [7, 11) is 1.61. The summed E-state index contributed by atoms with van der Waals surface area (Å²) in [5, 5.41) is 23.9. The molecule has 2 aromatic carbocycles. The average molecular weight is 323 g/mol. The molecule has 0 saturated heterocycles. The van der Waals surface area contributed by atoms with Crippen molar-refractivity contribution in [1.82, 2.24) is 4.98 Å². The summed E-state index contributed by atoms with van der Waals surface area (Å²) in [6, 6.07) is 12.1. The molecule has 0 spiro atoms. The predicted octanol–water partition coefficient (Wildman–Crippen LogP) is 3.41. The molecular formula is C18H17N3O3. The molecule has 0 atom stereocenters. The van der Waals surface area contributed by atoms with Crippen LogP contribution in [0.15, 0.2) is 47.6 Å². The Morgan fingerprint density at radius 1 is 1.12 bits per heavy atom. The van der Waals surface area contributed by atoms with E-state index in [-0.39, 0.29) is 11.5 Å². The normalized spacial score (nSPS) is 11.1. The molecule has 0 fully saturated rings. The monoisotopic (exact) mass is 323 g/mol. The van der Waals surface area contributed by atoms with E-state index in [1.54, 1.807) is 19.4 Å². The van der Waals surface area contributed by atoms with E-state index in [4.69, 9.17) is 4.74 Å². The Morgan fingerprint density at radius 3 is 2.71 bits per heavy atom. The Hall–Kier alpha value is -3.28. The van der Waals surface area contributed by atoms with Crippen molar-refractivity contribution in [2.75, 3.05) is 12.5 Å². The van der Waals surface area contributed by atoms with E-state index in [0.29, 0.717) is 11.3 Å². The van der Waals surface area contributed by atoms with Gasteiger partial charge in [-0.25, -0.2) is 4.98 Å². The second-order valence-corrected chi connectivity index (χ2v) is 5.29. The van der Waals surface area contributed by atoms with Crippen LogP contribution < -0.4 is 10.2 Å². The fraction of sp³-hybridized carbons (Fsp3) is 0.111. The van der Waals surface area contributed by atoms with E-state index in [1.807, 2.05) is 31.2 Å². The van der Waals surface area contributed by atoms with Crippen molar-refractivity contribution in [1.29, 1.82) is 0 Å². The molecule has 6 nitrogen and oxygen atoms in total. The van der Waals surface area contributed by atoms with Crippen LogP contribution in [0.2, 0.25) is 0 Å². The van der Waals surface area contributed by atoms with Gasteiger partial charge in [-0.3, -0.25) is 5.43 Å². The van der Waals surface area contributed by atoms with Crippen LogP contribution in [-0.2, 0) is 0 Å². The number of hydrogen-bond acceptors (Lipinski definition) is 6. The molecule has 0 radical (unpaired) electrons. The van der Waals surface area contributed by atoms with E-state index in [0.717, 1.165) is 22.3 Å². The third-order valence-corrected chi connectivity index (χ3v) is 3.55. The fourth-order valence-electron chi connectivity index (χ4n) is 2.40. The van der Waals surface area contributed by atoms with Crippen molar-refractivity contribution < 1.29 is 14.9 Å². The van der Waals surface area contributed by atoms with Crippen molar-refractivity contribution in [3.8, 4) is 17.2 Å². The van der Waals surface area contributed by atoms with Gasteiger partial charge in [0.05, 0.1) is 19.0 Å². The number of nitrogens with zero attached hydrogens (tertiary/aromatic N) is 2. The molecule has 0 unspecified atom stereocenters. The lowest BCUT2D eigenvalue weighted by atomic mass is 10.1. The van der Waals surface area contributed by atoms with Gasteiger partial charge in [-0.1, -0.05) is 12.1 Å². The SMILES string of the molecule is COc1cccc2c(NN=Cc3ccc(O)c(O)c3)cc(C)nc12. The molecule has 0 aliphatic rings. The van der Waals surface area contributed by atoms with Crippen LogP contribution in [0.3, 0.4) is 0 Å². The summed E-state index contributed by atoms with van der Waals surface area (Å²) in [5.74, 6) is 0.350. The Morgan fingerprint density at radius 2 is 1.96 bits per heavy atom. The number of phenolic OH excluding ortho intramolecular Hbond substituents is 2. The largest absolute Gasteiger partial charge is 0.504 e. The van der Waals surface area contributed by atoms with Gasteiger partial charge >= 0.3 is 0 Å². The topological polar surface area (TPSA) is 87.0 Å². The van der Waals surface area contributed by atoms with Gasteiger partial charge in [0, 0.05) is 11.1 Å². The molecule has 3 aromatic rings. The minimum absolute atomic E-state index is 0.164. The highest BCUT2D eigenvalue weighted by Crippen LogP contribution is 2.30. The number of para-hydroxylation sites is 1.